The van der Waals surface area contributed by atoms with E-state index in [-0.39, 0.29) is 22.3 Å². The van der Waals surface area contributed by atoms with Gasteiger partial charge in [-0.15, -0.1) is 11.3 Å². The molecule has 0 saturated carbocycles. The molecular formula is C19H15ClN4O4S2. The SMILES string of the molecule is COC(=O)[C@@H]1C(=O)NC(SCC(=O)Nc2nccs2)=C(C#N)[C@H]1c1ccc(Cl)cc1. The van der Waals surface area contributed by atoms with E-state index in [0.29, 0.717) is 15.7 Å². The lowest BCUT2D eigenvalue weighted by atomic mass is 9.78. The monoisotopic (exact) mass is 462 g/mol. The molecular weight excluding hydrogens is 448 g/mol. The summed E-state index contributed by atoms with van der Waals surface area (Å²) in [4.78, 5) is 41.2. The Balaban J connectivity index is 1.91. The highest BCUT2D eigenvalue weighted by Crippen LogP contribution is 2.40. The van der Waals surface area contributed by atoms with E-state index in [1.54, 1.807) is 35.8 Å². The van der Waals surface area contributed by atoms with Crippen LogP contribution in [0.5, 0.6) is 0 Å². The van der Waals surface area contributed by atoms with Crippen LogP contribution in [-0.2, 0) is 19.1 Å². The van der Waals surface area contributed by atoms with Gasteiger partial charge in [0.25, 0.3) is 0 Å². The van der Waals surface area contributed by atoms with Gasteiger partial charge in [0.2, 0.25) is 11.8 Å². The molecule has 2 atom stereocenters. The Kier molecular flexibility index (Phi) is 7.10. The number of halogens is 1. The number of methoxy groups -OCH3 is 1. The molecule has 30 heavy (non-hydrogen) atoms. The Hall–Kier alpha value is -2.87. The first kappa shape index (κ1) is 21.8. The van der Waals surface area contributed by atoms with Crippen LogP contribution in [0.15, 0.2) is 46.4 Å². The molecule has 1 aromatic heterocycles. The molecule has 0 unspecified atom stereocenters. The lowest BCUT2D eigenvalue weighted by Gasteiger charge is -2.30. The van der Waals surface area contributed by atoms with E-state index >= 15 is 0 Å². The molecule has 0 bridgehead atoms. The van der Waals surface area contributed by atoms with Crippen LogP contribution in [-0.4, -0.2) is 35.6 Å². The van der Waals surface area contributed by atoms with E-state index in [1.807, 2.05) is 0 Å². The van der Waals surface area contributed by atoms with E-state index in [2.05, 4.69) is 21.7 Å². The molecule has 2 heterocycles. The average molecular weight is 463 g/mol. The lowest BCUT2D eigenvalue weighted by Crippen LogP contribution is -2.44. The molecule has 2 N–H and O–H groups in total. The van der Waals surface area contributed by atoms with Crippen molar-refractivity contribution < 1.29 is 19.1 Å². The van der Waals surface area contributed by atoms with Crippen molar-refractivity contribution in [3.05, 3.63) is 57.0 Å². The number of carbonyl (C=O) groups is 3. The summed E-state index contributed by atoms with van der Waals surface area (Å²) in [6, 6.07) is 8.60. The number of nitriles is 1. The van der Waals surface area contributed by atoms with Gasteiger partial charge in [-0.2, -0.15) is 5.26 Å². The fraction of sp³-hybridized carbons (Fsp3) is 0.211. The number of carbonyl (C=O) groups excluding carboxylic acids is 3. The van der Waals surface area contributed by atoms with Crippen molar-refractivity contribution in [1.82, 2.24) is 10.3 Å². The van der Waals surface area contributed by atoms with E-state index < -0.39 is 23.7 Å². The standard InChI is InChI=1S/C19H15ClN4O4S2/c1-28-18(27)15-14(10-2-4-11(20)5-3-10)12(8-21)17(24-16(15)26)30-9-13(25)23-19-22-6-7-29-19/h2-7,14-15H,9H2,1H3,(H,24,26)(H,22,23,25)/t14-,15+/m1/s1. The summed E-state index contributed by atoms with van der Waals surface area (Å²) in [6.45, 7) is 0. The maximum Gasteiger partial charge on any atom is 0.319 e. The highest BCUT2D eigenvalue weighted by Gasteiger charge is 2.44. The van der Waals surface area contributed by atoms with Crippen LogP contribution in [0.2, 0.25) is 5.02 Å². The highest BCUT2D eigenvalue weighted by molar-refractivity contribution is 8.03. The van der Waals surface area contributed by atoms with Crippen molar-refractivity contribution in [3.8, 4) is 6.07 Å². The maximum atomic E-state index is 12.7. The molecule has 1 aromatic carbocycles. The summed E-state index contributed by atoms with van der Waals surface area (Å²) < 4.78 is 4.79. The number of amides is 2. The number of thioether (sulfide) groups is 1. The number of hydrogen-bond donors (Lipinski definition) is 2. The molecule has 3 rings (SSSR count). The number of thiazole rings is 1. The molecule has 0 spiro atoms. The zero-order valence-corrected chi connectivity index (χ0v) is 17.9. The smallest absolute Gasteiger partial charge is 0.319 e. The van der Waals surface area contributed by atoms with Gasteiger partial charge in [-0.3, -0.25) is 14.4 Å². The summed E-state index contributed by atoms with van der Waals surface area (Å²) in [5.41, 5.74) is 0.728. The Bertz CT molecular complexity index is 1030. The predicted molar refractivity (Wildman–Crippen MR) is 114 cm³/mol. The number of aromatic nitrogens is 1. The van der Waals surface area contributed by atoms with Crippen molar-refractivity contribution >= 4 is 57.6 Å². The molecule has 1 aliphatic rings. The summed E-state index contributed by atoms with van der Waals surface area (Å²) >= 11 is 8.22. The molecule has 0 radical (unpaired) electrons. The second-order valence-electron chi connectivity index (χ2n) is 6.05. The fourth-order valence-corrected chi connectivity index (χ4v) is 4.45. The number of nitrogens with one attached hydrogen (secondary N) is 2. The van der Waals surface area contributed by atoms with Crippen LogP contribution in [0.25, 0.3) is 0 Å². The number of ether oxygens (including phenoxy) is 1. The molecule has 0 aliphatic carbocycles. The minimum atomic E-state index is -1.24. The molecule has 154 valence electrons. The zero-order chi connectivity index (χ0) is 21.7. The van der Waals surface area contributed by atoms with Gasteiger partial charge >= 0.3 is 5.97 Å². The number of hydrogen-bond acceptors (Lipinski definition) is 8. The first-order valence-corrected chi connectivity index (χ1v) is 10.8. The summed E-state index contributed by atoms with van der Waals surface area (Å²) in [6.07, 6.45) is 1.56. The topological polar surface area (TPSA) is 121 Å². The van der Waals surface area contributed by atoms with Gasteiger partial charge < -0.3 is 15.4 Å². The number of allylic oxidation sites excluding steroid dienone is 1. The van der Waals surface area contributed by atoms with E-state index in [9.17, 15) is 19.6 Å². The van der Waals surface area contributed by atoms with Gasteiger partial charge in [0, 0.05) is 22.5 Å². The number of anilines is 1. The first-order chi connectivity index (χ1) is 14.4. The van der Waals surface area contributed by atoms with Gasteiger partial charge in [-0.05, 0) is 17.7 Å². The third-order valence-corrected chi connectivity index (χ3v) is 6.20. The largest absolute Gasteiger partial charge is 0.468 e. The van der Waals surface area contributed by atoms with Crippen LogP contribution in [0.1, 0.15) is 11.5 Å². The Morgan fingerprint density at radius 2 is 2.13 bits per heavy atom. The van der Waals surface area contributed by atoms with Crippen LogP contribution < -0.4 is 10.6 Å². The first-order valence-electron chi connectivity index (χ1n) is 8.55. The summed E-state index contributed by atoms with van der Waals surface area (Å²) in [7, 11) is 1.18. The lowest BCUT2D eigenvalue weighted by molar-refractivity contribution is -0.150. The molecule has 0 fully saturated rings. The van der Waals surface area contributed by atoms with Crippen LogP contribution in [0, 0.1) is 17.2 Å². The third kappa shape index (κ3) is 4.81. The summed E-state index contributed by atoms with van der Waals surface area (Å²) in [5, 5.41) is 17.9. The minimum absolute atomic E-state index is 0.0589. The van der Waals surface area contributed by atoms with Crippen LogP contribution in [0.3, 0.4) is 0 Å². The quantitative estimate of drug-likeness (QED) is 0.500. The van der Waals surface area contributed by atoms with E-state index in [4.69, 9.17) is 16.3 Å². The van der Waals surface area contributed by atoms with Gasteiger partial charge in [-0.1, -0.05) is 35.5 Å². The Morgan fingerprint density at radius 1 is 1.40 bits per heavy atom. The van der Waals surface area contributed by atoms with Crippen molar-refractivity contribution in [2.75, 3.05) is 18.2 Å². The second-order valence-corrected chi connectivity index (χ2v) is 8.36. The minimum Gasteiger partial charge on any atom is -0.468 e. The van der Waals surface area contributed by atoms with E-state index in [1.165, 1.54) is 18.4 Å². The van der Waals surface area contributed by atoms with Crippen molar-refractivity contribution in [3.63, 3.8) is 0 Å². The zero-order valence-electron chi connectivity index (χ0n) is 15.5. The fourth-order valence-electron chi connectivity index (χ4n) is 2.93. The van der Waals surface area contributed by atoms with E-state index in [0.717, 1.165) is 11.8 Å². The highest BCUT2D eigenvalue weighted by atomic mass is 35.5. The van der Waals surface area contributed by atoms with Gasteiger partial charge in [0.05, 0.1) is 29.5 Å². The number of rotatable bonds is 6. The predicted octanol–water partition coefficient (Wildman–Crippen LogP) is 2.91. The van der Waals surface area contributed by atoms with Gasteiger partial charge in [0.15, 0.2) is 5.13 Å². The normalized spacial score (nSPS) is 18.4. The number of nitrogens with zero attached hydrogens (tertiary/aromatic N) is 2. The molecule has 1 aliphatic heterocycles. The molecule has 11 heteroatoms. The Labute approximate surface area is 185 Å². The summed E-state index contributed by atoms with van der Waals surface area (Å²) in [5.74, 6) is -3.87. The van der Waals surface area contributed by atoms with Crippen LogP contribution in [0.4, 0.5) is 5.13 Å². The van der Waals surface area contributed by atoms with Crippen molar-refractivity contribution in [2.24, 2.45) is 5.92 Å². The molecule has 2 amide bonds. The number of esters is 1. The third-order valence-electron chi connectivity index (χ3n) is 4.24. The average Bonchev–Trinajstić information content (AvgIpc) is 3.24. The molecule has 8 nitrogen and oxygen atoms in total. The second kappa shape index (κ2) is 9.75. The molecule has 0 saturated heterocycles. The van der Waals surface area contributed by atoms with Gasteiger partial charge in [-0.25, -0.2) is 4.98 Å². The van der Waals surface area contributed by atoms with Gasteiger partial charge in [0.1, 0.15) is 5.92 Å². The van der Waals surface area contributed by atoms with Crippen LogP contribution >= 0.6 is 34.7 Å². The maximum absolute atomic E-state index is 12.7. The Morgan fingerprint density at radius 3 is 2.73 bits per heavy atom. The number of benzene rings is 1. The molecule has 2 aromatic rings. The van der Waals surface area contributed by atoms with Crippen molar-refractivity contribution in [1.29, 1.82) is 5.26 Å². The van der Waals surface area contributed by atoms with Crippen molar-refractivity contribution in [2.45, 2.75) is 5.92 Å².